The minimum absolute atomic E-state index is 0.106. The highest BCUT2D eigenvalue weighted by atomic mass is 32.2. The van der Waals surface area contributed by atoms with Crippen LogP contribution in [0.5, 0.6) is 0 Å². The maximum absolute atomic E-state index is 11.6. The summed E-state index contributed by atoms with van der Waals surface area (Å²) >= 11 is 2.37. The fourth-order valence-electron chi connectivity index (χ4n) is 1.19. The Hall–Kier alpha value is -1.54. The monoisotopic (exact) mass is 302 g/mol. The lowest BCUT2D eigenvalue weighted by atomic mass is 10.3. The van der Waals surface area contributed by atoms with Gasteiger partial charge in [-0.3, -0.25) is 14.4 Å². The van der Waals surface area contributed by atoms with E-state index in [4.69, 9.17) is 10.5 Å². The van der Waals surface area contributed by atoms with Crippen LogP contribution in [0.25, 0.3) is 0 Å². The maximum atomic E-state index is 11.6. The number of hydrogen-bond donors (Lipinski definition) is 2. The molecule has 19 heavy (non-hydrogen) atoms. The van der Waals surface area contributed by atoms with E-state index in [1.54, 1.807) is 18.4 Å². The Kier molecular flexibility index (Phi) is 6.37. The van der Waals surface area contributed by atoms with E-state index in [9.17, 15) is 14.4 Å². The minimum atomic E-state index is -0.587. The van der Waals surface area contributed by atoms with Gasteiger partial charge in [0.1, 0.15) is 5.00 Å². The van der Waals surface area contributed by atoms with Gasteiger partial charge in [-0.05, 0) is 18.4 Å². The predicted octanol–water partition coefficient (Wildman–Crippen LogP) is 1.08. The molecule has 0 saturated heterocycles. The molecule has 1 aromatic heterocycles. The first kappa shape index (κ1) is 15.5. The number of thioether (sulfide) groups is 1. The van der Waals surface area contributed by atoms with Gasteiger partial charge in [-0.2, -0.15) is 0 Å². The first-order valence-corrected chi connectivity index (χ1v) is 7.48. The number of ether oxygens (including phenoxy) is 1. The third-order valence-corrected chi connectivity index (χ3v) is 3.68. The number of primary amides is 1. The Balaban J connectivity index is 2.37. The van der Waals surface area contributed by atoms with Gasteiger partial charge >= 0.3 is 5.97 Å². The van der Waals surface area contributed by atoms with Gasteiger partial charge in [0.25, 0.3) is 5.91 Å². The first-order chi connectivity index (χ1) is 9.04. The molecule has 0 aromatic carbocycles. The number of thiophene rings is 1. The van der Waals surface area contributed by atoms with E-state index in [1.165, 1.54) is 11.3 Å². The standard InChI is InChI=1S/C11H14N2O4S2/c1-2-17-9(15)6-18-5-8(14)13-11-7(10(12)16)3-4-19-11/h3-4H,2,5-6H2,1H3,(H2,12,16)(H,13,14). The highest BCUT2D eigenvalue weighted by Gasteiger charge is 2.13. The minimum Gasteiger partial charge on any atom is -0.465 e. The normalized spacial score (nSPS) is 9.95. The highest BCUT2D eigenvalue weighted by molar-refractivity contribution is 8.00. The number of amides is 2. The molecule has 0 atom stereocenters. The Bertz CT molecular complexity index is 473. The number of anilines is 1. The molecule has 0 unspecified atom stereocenters. The van der Waals surface area contributed by atoms with E-state index < -0.39 is 5.91 Å². The molecule has 0 spiro atoms. The zero-order chi connectivity index (χ0) is 14.3. The van der Waals surface area contributed by atoms with E-state index in [-0.39, 0.29) is 28.9 Å². The average Bonchev–Trinajstić information content (AvgIpc) is 2.77. The van der Waals surface area contributed by atoms with E-state index in [2.05, 4.69) is 5.32 Å². The Morgan fingerprint density at radius 2 is 2.16 bits per heavy atom. The van der Waals surface area contributed by atoms with Crippen molar-refractivity contribution in [1.82, 2.24) is 0 Å². The van der Waals surface area contributed by atoms with Crippen molar-refractivity contribution in [1.29, 1.82) is 0 Å². The molecule has 1 rings (SSSR count). The molecule has 6 nitrogen and oxygen atoms in total. The number of carbonyl (C=O) groups excluding carboxylic acids is 3. The molecular weight excluding hydrogens is 288 g/mol. The van der Waals surface area contributed by atoms with Crippen LogP contribution in [0, 0.1) is 0 Å². The third-order valence-electron chi connectivity index (χ3n) is 1.94. The van der Waals surface area contributed by atoms with Crippen LogP contribution in [0.4, 0.5) is 5.00 Å². The van der Waals surface area contributed by atoms with Crippen LogP contribution >= 0.6 is 23.1 Å². The predicted molar refractivity (Wildman–Crippen MR) is 75.4 cm³/mol. The fraction of sp³-hybridized carbons (Fsp3) is 0.364. The zero-order valence-corrected chi connectivity index (χ0v) is 11.9. The van der Waals surface area contributed by atoms with Gasteiger partial charge in [-0.25, -0.2) is 0 Å². The van der Waals surface area contributed by atoms with Gasteiger partial charge in [-0.15, -0.1) is 23.1 Å². The largest absolute Gasteiger partial charge is 0.465 e. The van der Waals surface area contributed by atoms with Crippen LogP contribution in [0.3, 0.4) is 0 Å². The third kappa shape index (κ3) is 5.31. The second kappa shape index (κ2) is 7.80. The molecular formula is C11H14N2O4S2. The van der Waals surface area contributed by atoms with Crippen LogP contribution in [0.15, 0.2) is 11.4 Å². The summed E-state index contributed by atoms with van der Waals surface area (Å²) in [7, 11) is 0. The van der Waals surface area contributed by atoms with Gasteiger partial charge in [0.2, 0.25) is 5.91 Å². The Morgan fingerprint density at radius 1 is 1.42 bits per heavy atom. The van der Waals surface area contributed by atoms with E-state index in [0.29, 0.717) is 11.6 Å². The van der Waals surface area contributed by atoms with Crippen molar-refractivity contribution in [2.75, 3.05) is 23.4 Å². The molecule has 1 aromatic rings. The van der Waals surface area contributed by atoms with Crippen molar-refractivity contribution >= 4 is 45.9 Å². The van der Waals surface area contributed by atoms with Gasteiger partial charge in [-0.1, -0.05) is 0 Å². The number of rotatable bonds is 7. The lowest BCUT2D eigenvalue weighted by molar-refractivity contribution is -0.139. The Morgan fingerprint density at radius 3 is 2.79 bits per heavy atom. The van der Waals surface area contributed by atoms with Crippen LogP contribution in [0.1, 0.15) is 17.3 Å². The van der Waals surface area contributed by atoms with Crippen molar-refractivity contribution in [3.8, 4) is 0 Å². The van der Waals surface area contributed by atoms with Crippen molar-refractivity contribution < 1.29 is 19.1 Å². The molecule has 1 heterocycles. The zero-order valence-electron chi connectivity index (χ0n) is 10.3. The number of nitrogens with two attached hydrogens (primary N) is 1. The summed E-state index contributed by atoms with van der Waals surface area (Å²) in [4.78, 5) is 33.7. The van der Waals surface area contributed by atoms with E-state index in [1.807, 2.05) is 0 Å². The molecule has 0 fully saturated rings. The Labute approximate surface area is 118 Å². The average molecular weight is 302 g/mol. The maximum Gasteiger partial charge on any atom is 0.315 e. The topological polar surface area (TPSA) is 98.5 Å². The van der Waals surface area contributed by atoms with Gasteiger partial charge in [0.15, 0.2) is 0 Å². The van der Waals surface area contributed by atoms with Gasteiger partial charge in [0.05, 0.1) is 23.7 Å². The first-order valence-electron chi connectivity index (χ1n) is 5.45. The van der Waals surface area contributed by atoms with Crippen molar-refractivity contribution in [3.63, 3.8) is 0 Å². The summed E-state index contributed by atoms with van der Waals surface area (Å²) in [5.74, 6) is -1.01. The lowest BCUT2D eigenvalue weighted by Gasteiger charge is -2.04. The van der Waals surface area contributed by atoms with E-state index in [0.717, 1.165) is 11.8 Å². The van der Waals surface area contributed by atoms with E-state index >= 15 is 0 Å². The quantitative estimate of drug-likeness (QED) is 0.734. The number of esters is 1. The van der Waals surface area contributed by atoms with Crippen molar-refractivity contribution in [3.05, 3.63) is 17.0 Å². The summed E-state index contributed by atoms with van der Waals surface area (Å²) in [6.45, 7) is 2.04. The second-order valence-corrected chi connectivity index (χ2v) is 5.28. The molecule has 0 bridgehead atoms. The summed E-state index contributed by atoms with van der Waals surface area (Å²) in [6, 6.07) is 1.55. The van der Waals surface area contributed by atoms with Gasteiger partial charge in [0, 0.05) is 0 Å². The fourth-order valence-corrected chi connectivity index (χ4v) is 2.61. The smallest absolute Gasteiger partial charge is 0.315 e. The van der Waals surface area contributed by atoms with Crippen molar-refractivity contribution in [2.24, 2.45) is 5.73 Å². The molecule has 2 amide bonds. The highest BCUT2D eigenvalue weighted by Crippen LogP contribution is 2.22. The molecule has 3 N–H and O–H groups in total. The molecule has 0 radical (unpaired) electrons. The lowest BCUT2D eigenvalue weighted by Crippen LogP contribution is -2.18. The number of hydrogen-bond acceptors (Lipinski definition) is 6. The van der Waals surface area contributed by atoms with Crippen LogP contribution in [-0.2, 0) is 14.3 Å². The summed E-state index contributed by atoms with van der Waals surface area (Å²) in [5.41, 5.74) is 5.44. The summed E-state index contributed by atoms with van der Waals surface area (Å²) in [6.07, 6.45) is 0. The van der Waals surface area contributed by atoms with Crippen LogP contribution < -0.4 is 11.1 Å². The second-order valence-electron chi connectivity index (χ2n) is 3.37. The summed E-state index contributed by atoms with van der Waals surface area (Å²) < 4.78 is 4.73. The van der Waals surface area contributed by atoms with Crippen LogP contribution in [0.2, 0.25) is 0 Å². The number of nitrogens with one attached hydrogen (secondary N) is 1. The van der Waals surface area contributed by atoms with Crippen LogP contribution in [-0.4, -0.2) is 35.9 Å². The molecule has 104 valence electrons. The molecule has 0 aliphatic heterocycles. The van der Waals surface area contributed by atoms with Gasteiger partial charge < -0.3 is 15.8 Å². The number of carbonyl (C=O) groups is 3. The molecule has 0 aliphatic rings. The summed E-state index contributed by atoms with van der Waals surface area (Å²) in [5, 5.41) is 4.68. The SMILES string of the molecule is CCOC(=O)CSCC(=O)Nc1sccc1C(N)=O. The molecule has 0 saturated carbocycles. The molecule has 0 aliphatic carbocycles. The molecule has 8 heteroatoms. The van der Waals surface area contributed by atoms with Crippen molar-refractivity contribution in [2.45, 2.75) is 6.92 Å².